The molecule has 0 unspecified atom stereocenters. The number of hydrogen-bond donors (Lipinski definition) is 2. The van der Waals surface area contributed by atoms with E-state index in [1.54, 1.807) is 0 Å². The van der Waals surface area contributed by atoms with E-state index in [0.717, 1.165) is 11.1 Å². The predicted molar refractivity (Wildman–Crippen MR) is 121 cm³/mol. The lowest BCUT2D eigenvalue weighted by atomic mass is 10.1. The molecule has 8 heteroatoms. The van der Waals surface area contributed by atoms with Crippen LogP contribution in [0.25, 0.3) is 0 Å². The zero-order chi connectivity index (χ0) is 22.1. The van der Waals surface area contributed by atoms with Gasteiger partial charge in [-0.25, -0.2) is 0 Å². The number of carbonyl (C=O) groups excluding carboxylic acids is 2. The molecule has 7 nitrogen and oxygen atoms in total. The van der Waals surface area contributed by atoms with E-state index in [1.165, 1.54) is 11.8 Å². The summed E-state index contributed by atoms with van der Waals surface area (Å²) in [5.41, 5.74) is 2.02. The summed E-state index contributed by atoms with van der Waals surface area (Å²) in [5.74, 6) is 0.782. The van der Waals surface area contributed by atoms with Gasteiger partial charge in [0.1, 0.15) is 0 Å². The topological polar surface area (TPSA) is 88.9 Å². The van der Waals surface area contributed by atoms with E-state index in [-0.39, 0.29) is 23.6 Å². The van der Waals surface area contributed by atoms with E-state index in [0.29, 0.717) is 30.5 Å². The highest BCUT2D eigenvalue weighted by atomic mass is 32.2. The monoisotopic (exact) mass is 437 g/mol. The third-order valence-electron chi connectivity index (χ3n) is 4.77. The summed E-state index contributed by atoms with van der Waals surface area (Å²) < 4.78 is 1.92. The Morgan fingerprint density at radius 3 is 2.35 bits per heavy atom. The Labute approximate surface area is 186 Å². The molecule has 0 bridgehead atoms. The van der Waals surface area contributed by atoms with Gasteiger partial charge in [-0.15, -0.1) is 10.2 Å². The van der Waals surface area contributed by atoms with Gasteiger partial charge < -0.3 is 15.2 Å². The van der Waals surface area contributed by atoms with E-state index in [1.807, 2.05) is 79.1 Å². The quantitative estimate of drug-likeness (QED) is 0.476. The minimum atomic E-state index is -0.0691. The molecular formula is C23H27N5O2S. The maximum atomic E-state index is 12.3. The van der Waals surface area contributed by atoms with Gasteiger partial charge in [0.2, 0.25) is 11.8 Å². The molecule has 0 saturated carbocycles. The van der Waals surface area contributed by atoms with Gasteiger partial charge in [-0.1, -0.05) is 72.4 Å². The first-order chi connectivity index (χ1) is 15.1. The molecule has 0 spiro atoms. The Balaban J connectivity index is 1.50. The fraction of sp³-hybridized carbons (Fsp3) is 0.304. The standard InChI is InChI=1S/C23H27N5O2S/c1-3-28-20(15-24-21(29)14-18-10-6-4-7-11-18)26-27-23(28)31-16-22(30)25-17(2)19-12-8-5-9-13-19/h4-13,17H,3,14-16H2,1-2H3,(H,24,29)(H,25,30)/t17-/m1/s1. The number of hydrogen-bond acceptors (Lipinski definition) is 5. The average Bonchev–Trinajstić information content (AvgIpc) is 3.19. The number of amides is 2. The molecule has 162 valence electrons. The Kier molecular flexibility index (Phi) is 8.23. The molecule has 31 heavy (non-hydrogen) atoms. The lowest BCUT2D eigenvalue weighted by molar-refractivity contribution is -0.121. The molecule has 2 amide bonds. The van der Waals surface area contributed by atoms with Gasteiger partial charge in [0.25, 0.3) is 0 Å². The molecule has 0 saturated heterocycles. The Hall–Kier alpha value is -3.13. The third kappa shape index (κ3) is 6.68. The molecule has 0 fully saturated rings. The van der Waals surface area contributed by atoms with Crippen LogP contribution < -0.4 is 10.6 Å². The normalized spacial score (nSPS) is 11.7. The highest BCUT2D eigenvalue weighted by Gasteiger charge is 2.15. The Morgan fingerprint density at radius 1 is 1.00 bits per heavy atom. The van der Waals surface area contributed by atoms with Crippen molar-refractivity contribution in [2.24, 2.45) is 0 Å². The zero-order valence-electron chi connectivity index (χ0n) is 17.7. The summed E-state index contributed by atoms with van der Waals surface area (Å²) in [7, 11) is 0. The van der Waals surface area contributed by atoms with E-state index < -0.39 is 0 Å². The van der Waals surface area contributed by atoms with Gasteiger partial charge in [0.15, 0.2) is 11.0 Å². The molecule has 1 heterocycles. The van der Waals surface area contributed by atoms with E-state index in [9.17, 15) is 9.59 Å². The maximum Gasteiger partial charge on any atom is 0.230 e. The molecule has 2 N–H and O–H groups in total. The summed E-state index contributed by atoms with van der Waals surface area (Å²) in [5, 5.41) is 15.0. The van der Waals surface area contributed by atoms with Crippen molar-refractivity contribution in [3.05, 3.63) is 77.6 Å². The van der Waals surface area contributed by atoms with Crippen LogP contribution in [0.15, 0.2) is 65.8 Å². The van der Waals surface area contributed by atoms with Crippen LogP contribution in [-0.4, -0.2) is 32.3 Å². The first-order valence-corrected chi connectivity index (χ1v) is 11.2. The molecule has 1 atom stereocenters. The van der Waals surface area contributed by atoms with Crippen LogP contribution in [0.1, 0.15) is 36.8 Å². The van der Waals surface area contributed by atoms with Crippen LogP contribution >= 0.6 is 11.8 Å². The van der Waals surface area contributed by atoms with E-state index in [4.69, 9.17) is 0 Å². The molecule has 2 aromatic carbocycles. The summed E-state index contributed by atoms with van der Waals surface area (Å²) >= 11 is 1.34. The number of nitrogens with zero attached hydrogens (tertiary/aromatic N) is 3. The van der Waals surface area contributed by atoms with Crippen molar-refractivity contribution < 1.29 is 9.59 Å². The van der Waals surface area contributed by atoms with Gasteiger partial charge in [-0.3, -0.25) is 9.59 Å². The second kappa shape index (κ2) is 11.3. The average molecular weight is 438 g/mol. The van der Waals surface area contributed by atoms with Crippen LogP contribution in [0.3, 0.4) is 0 Å². The van der Waals surface area contributed by atoms with Crippen LogP contribution in [0, 0.1) is 0 Å². The smallest absolute Gasteiger partial charge is 0.230 e. The number of carbonyl (C=O) groups is 2. The van der Waals surface area contributed by atoms with E-state index in [2.05, 4.69) is 20.8 Å². The van der Waals surface area contributed by atoms with Crippen molar-refractivity contribution in [2.45, 2.75) is 44.6 Å². The molecule has 3 rings (SSSR count). The van der Waals surface area contributed by atoms with Gasteiger partial charge in [-0.2, -0.15) is 0 Å². The number of rotatable bonds is 10. The van der Waals surface area contributed by atoms with Gasteiger partial charge in [0.05, 0.1) is 24.8 Å². The zero-order valence-corrected chi connectivity index (χ0v) is 18.6. The van der Waals surface area contributed by atoms with Gasteiger partial charge in [-0.05, 0) is 25.0 Å². The van der Waals surface area contributed by atoms with Gasteiger partial charge >= 0.3 is 0 Å². The fourth-order valence-corrected chi connectivity index (χ4v) is 3.97. The van der Waals surface area contributed by atoms with Crippen LogP contribution in [0.2, 0.25) is 0 Å². The van der Waals surface area contributed by atoms with Crippen molar-refractivity contribution in [1.82, 2.24) is 25.4 Å². The molecule has 3 aromatic rings. The summed E-state index contributed by atoms with van der Waals surface area (Å²) in [4.78, 5) is 24.5. The molecule has 0 aliphatic heterocycles. The molecule has 0 radical (unpaired) electrons. The minimum absolute atomic E-state index is 0.0614. The predicted octanol–water partition coefficient (Wildman–Crippen LogP) is 3.13. The van der Waals surface area contributed by atoms with Crippen molar-refractivity contribution in [3.8, 4) is 0 Å². The van der Waals surface area contributed by atoms with Crippen molar-refractivity contribution in [2.75, 3.05) is 5.75 Å². The van der Waals surface area contributed by atoms with Crippen LogP contribution in [0.5, 0.6) is 0 Å². The lowest BCUT2D eigenvalue weighted by Crippen LogP contribution is -2.28. The van der Waals surface area contributed by atoms with Crippen molar-refractivity contribution in [1.29, 1.82) is 0 Å². The first-order valence-electron chi connectivity index (χ1n) is 10.3. The highest BCUT2D eigenvalue weighted by Crippen LogP contribution is 2.18. The SMILES string of the molecule is CCn1c(CNC(=O)Cc2ccccc2)nnc1SCC(=O)N[C@H](C)c1ccccc1. The lowest BCUT2D eigenvalue weighted by Gasteiger charge is -2.14. The second-order valence-corrected chi connectivity index (χ2v) is 8.01. The van der Waals surface area contributed by atoms with Crippen molar-refractivity contribution in [3.63, 3.8) is 0 Å². The first kappa shape index (κ1) is 22.6. The maximum absolute atomic E-state index is 12.3. The fourth-order valence-electron chi connectivity index (χ4n) is 3.13. The molecular weight excluding hydrogens is 410 g/mol. The number of aromatic nitrogens is 3. The molecule has 0 aliphatic rings. The Bertz CT molecular complexity index is 992. The number of thioether (sulfide) groups is 1. The van der Waals surface area contributed by atoms with Crippen LogP contribution in [0.4, 0.5) is 0 Å². The highest BCUT2D eigenvalue weighted by molar-refractivity contribution is 7.99. The van der Waals surface area contributed by atoms with E-state index >= 15 is 0 Å². The summed E-state index contributed by atoms with van der Waals surface area (Å²) in [6, 6.07) is 19.4. The minimum Gasteiger partial charge on any atom is -0.349 e. The largest absolute Gasteiger partial charge is 0.349 e. The van der Waals surface area contributed by atoms with Crippen molar-refractivity contribution >= 4 is 23.6 Å². The number of nitrogens with one attached hydrogen (secondary N) is 2. The second-order valence-electron chi connectivity index (χ2n) is 7.07. The molecule has 0 aliphatic carbocycles. The van der Waals surface area contributed by atoms with Gasteiger partial charge in [0, 0.05) is 6.54 Å². The third-order valence-corrected chi connectivity index (χ3v) is 5.74. The summed E-state index contributed by atoms with van der Waals surface area (Å²) in [6.45, 7) is 4.90. The summed E-state index contributed by atoms with van der Waals surface area (Å²) in [6.07, 6.45) is 0.322. The van der Waals surface area contributed by atoms with Crippen LogP contribution in [-0.2, 0) is 29.1 Å². The Morgan fingerprint density at radius 2 is 1.68 bits per heavy atom. The number of benzene rings is 2. The molecule has 1 aromatic heterocycles.